The molecule has 0 amide bonds. The van der Waals surface area contributed by atoms with Gasteiger partial charge in [0.1, 0.15) is 11.4 Å². The van der Waals surface area contributed by atoms with E-state index in [2.05, 4.69) is 15.4 Å². The summed E-state index contributed by atoms with van der Waals surface area (Å²) in [7, 11) is 0. The van der Waals surface area contributed by atoms with Gasteiger partial charge in [-0.2, -0.15) is 5.10 Å². The summed E-state index contributed by atoms with van der Waals surface area (Å²) in [6.45, 7) is 4.65. The number of hydrogen-bond donors (Lipinski definition) is 2. The average Bonchev–Trinajstić information content (AvgIpc) is 2.68. The van der Waals surface area contributed by atoms with Gasteiger partial charge in [-0.05, 0) is 62.7 Å². The van der Waals surface area contributed by atoms with Crippen LogP contribution >= 0.6 is 0 Å². The van der Waals surface area contributed by atoms with E-state index in [1.807, 2.05) is 13.0 Å². The third kappa shape index (κ3) is 4.83. The number of nitro benzene ring substituents is 1. The molecule has 1 aliphatic rings. The van der Waals surface area contributed by atoms with E-state index < -0.39 is 4.92 Å². The molecule has 0 aliphatic carbocycles. The van der Waals surface area contributed by atoms with E-state index in [0.29, 0.717) is 17.9 Å². The van der Waals surface area contributed by atoms with Gasteiger partial charge >= 0.3 is 0 Å². The van der Waals surface area contributed by atoms with Crippen LogP contribution in [0.1, 0.15) is 37.3 Å². The quantitative estimate of drug-likeness (QED) is 0.455. The van der Waals surface area contributed by atoms with E-state index in [1.165, 1.54) is 25.3 Å². The zero-order chi connectivity index (χ0) is 19.2. The predicted octanol–water partition coefficient (Wildman–Crippen LogP) is 4.12. The van der Waals surface area contributed by atoms with Gasteiger partial charge in [0, 0.05) is 18.2 Å². The summed E-state index contributed by atoms with van der Waals surface area (Å²) in [6, 6.07) is 11.8. The standard InChI is InChI=1S/C20H24N4O3/c1-15(21-22-18-7-3-4-8-19(18)24(26)27)16-9-10-20(25)17(13-16)14-23-11-5-2-6-12-23/h3-4,7-10,13,22,25H,2,5-6,11-12,14H2,1H3/b21-15+. The molecule has 0 spiro atoms. The van der Waals surface area contributed by atoms with Crippen LogP contribution in [-0.4, -0.2) is 33.7 Å². The maximum atomic E-state index is 11.1. The molecule has 142 valence electrons. The number of benzene rings is 2. The highest BCUT2D eigenvalue weighted by molar-refractivity contribution is 5.99. The highest BCUT2D eigenvalue weighted by atomic mass is 16.6. The fourth-order valence-electron chi connectivity index (χ4n) is 3.23. The van der Waals surface area contributed by atoms with Crippen molar-refractivity contribution in [3.8, 4) is 5.75 Å². The molecule has 1 saturated heterocycles. The van der Waals surface area contributed by atoms with Crippen molar-refractivity contribution in [2.75, 3.05) is 18.5 Å². The number of phenolic OH excluding ortho intramolecular Hbond substituents is 1. The monoisotopic (exact) mass is 368 g/mol. The lowest BCUT2D eigenvalue weighted by Gasteiger charge is -2.26. The molecule has 0 saturated carbocycles. The van der Waals surface area contributed by atoms with E-state index in [-0.39, 0.29) is 11.4 Å². The number of nitrogens with one attached hydrogen (secondary N) is 1. The SMILES string of the molecule is C/C(=N\Nc1ccccc1[N+](=O)[O-])c1ccc(O)c(CN2CCCCC2)c1. The lowest BCUT2D eigenvalue weighted by molar-refractivity contribution is -0.384. The second-order valence-corrected chi connectivity index (χ2v) is 6.76. The van der Waals surface area contributed by atoms with Gasteiger partial charge in [0.05, 0.1) is 10.6 Å². The third-order valence-corrected chi connectivity index (χ3v) is 4.78. The van der Waals surface area contributed by atoms with Crippen molar-refractivity contribution >= 4 is 17.1 Å². The van der Waals surface area contributed by atoms with Crippen LogP contribution in [0.25, 0.3) is 0 Å². The molecule has 1 fully saturated rings. The van der Waals surface area contributed by atoms with Gasteiger partial charge in [0.25, 0.3) is 5.69 Å². The van der Waals surface area contributed by atoms with Crippen molar-refractivity contribution in [3.63, 3.8) is 0 Å². The zero-order valence-corrected chi connectivity index (χ0v) is 15.4. The molecule has 0 bridgehead atoms. The minimum Gasteiger partial charge on any atom is -0.508 e. The number of hydrazone groups is 1. The second kappa shape index (κ2) is 8.64. The van der Waals surface area contributed by atoms with Gasteiger partial charge in [0.2, 0.25) is 0 Å². The van der Waals surface area contributed by atoms with Crippen LogP contribution in [0.4, 0.5) is 11.4 Å². The largest absolute Gasteiger partial charge is 0.508 e. The number of hydrogen-bond acceptors (Lipinski definition) is 6. The van der Waals surface area contributed by atoms with Crippen molar-refractivity contribution in [1.82, 2.24) is 4.90 Å². The van der Waals surface area contributed by atoms with Crippen molar-refractivity contribution in [3.05, 3.63) is 63.7 Å². The maximum absolute atomic E-state index is 11.1. The molecule has 0 radical (unpaired) electrons. The smallest absolute Gasteiger partial charge is 0.294 e. The first-order valence-corrected chi connectivity index (χ1v) is 9.13. The Morgan fingerprint density at radius 2 is 1.96 bits per heavy atom. The van der Waals surface area contributed by atoms with E-state index in [4.69, 9.17) is 0 Å². The molecule has 27 heavy (non-hydrogen) atoms. The minimum atomic E-state index is -0.440. The summed E-state index contributed by atoms with van der Waals surface area (Å²) in [5, 5.41) is 25.6. The molecule has 2 aromatic rings. The molecule has 0 atom stereocenters. The zero-order valence-electron chi connectivity index (χ0n) is 15.4. The van der Waals surface area contributed by atoms with Gasteiger partial charge in [0.15, 0.2) is 0 Å². The van der Waals surface area contributed by atoms with Crippen molar-refractivity contribution in [2.24, 2.45) is 5.10 Å². The van der Waals surface area contributed by atoms with Crippen molar-refractivity contribution < 1.29 is 10.0 Å². The number of anilines is 1. The number of piperidine rings is 1. The number of para-hydroxylation sites is 2. The van der Waals surface area contributed by atoms with Crippen molar-refractivity contribution in [2.45, 2.75) is 32.7 Å². The number of aromatic hydroxyl groups is 1. The summed E-state index contributed by atoms with van der Waals surface area (Å²) in [5.74, 6) is 0.281. The summed E-state index contributed by atoms with van der Waals surface area (Å²) in [4.78, 5) is 13.0. The first kappa shape index (κ1) is 18.8. The van der Waals surface area contributed by atoms with E-state index >= 15 is 0 Å². The molecular formula is C20H24N4O3. The Hall–Kier alpha value is -2.93. The normalized spacial score (nSPS) is 15.5. The molecule has 1 aliphatic heterocycles. The van der Waals surface area contributed by atoms with E-state index in [1.54, 1.807) is 30.3 Å². The fourth-order valence-corrected chi connectivity index (χ4v) is 3.23. The topological polar surface area (TPSA) is 91.0 Å². The van der Waals surface area contributed by atoms with Crippen LogP contribution < -0.4 is 5.43 Å². The Labute approximate surface area is 158 Å². The van der Waals surface area contributed by atoms with Crippen LogP contribution in [-0.2, 0) is 6.54 Å². The van der Waals surface area contributed by atoms with Crippen LogP contribution in [0.2, 0.25) is 0 Å². The summed E-state index contributed by atoms with van der Waals surface area (Å²) < 4.78 is 0. The number of rotatable bonds is 6. The molecule has 1 heterocycles. The van der Waals surface area contributed by atoms with Crippen molar-refractivity contribution in [1.29, 1.82) is 0 Å². The van der Waals surface area contributed by atoms with Gasteiger partial charge in [-0.15, -0.1) is 0 Å². The van der Waals surface area contributed by atoms with E-state index in [9.17, 15) is 15.2 Å². The molecule has 2 aromatic carbocycles. The lowest BCUT2D eigenvalue weighted by Crippen LogP contribution is -2.29. The first-order chi connectivity index (χ1) is 13.0. The second-order valence-electron chi connectivity index (χ2n) is 6.76. The molecule has 7 heteroatoms. The number of nitro groups is 1. The molecule has 0 aromatic heterocycles. The minimum absolute atomic E-state index is 0.0226. The van der Waals surface area contributed by atoms with Crippen LogP contribution in [0.3, 0.4) is 0 Å². The molecule has 3 rings (SSSR count). The molecular weight excluding hydrogens is 344 g/mol. The van der Waals surface area contributed by atoms with Gasteiger partial charge in [-0.25, -0.2) is 0 Å². The fraction of sp³-hybridized carbons (Fsp3) is 0.350. The Bertz CT molecular complexity index is 845. The number of likely N-dealkylation sites (tertiary alicyclic amines) is 1. The summed E-state index contributed by atoms with van der Waals surface area (Å²) in [6.07, 6.45) is 3.66. The highest BCUT2D eigenvalue weighted by Gasteiger charge is 2.14. The average molecular weight is 368 g/mol. The molecule has 7 nitrogen and oxygen atoms in total. The Morgan fingerprint density at radius 3 is 2.70 bits per heavy atom. The summed E-state index contributed by atoms with van der Waals surface area (Å²) in [5.41, 5.74) is 5.53. The van der Waals surface area contributed by atoms with Gasteiger partial charge in [-0.3, -0.25) is 20.4 Å². The predicted molar refractivity (Wildman–Crippen MR) is 106 cm³/mol. The summed E-state index contributed by atoms with van der Waals surface area (Å²) >= 11 is 0. The Kier molecular flexibility index (Phi) is 6.03. The highest BCUT2D eigenvalue weighted by Crippen LogP contribution is 2.25. The lowest BCUT2D eigenvalue weighted by atomic mass is 10.0. The van der Waals surface area contributed by atoms with Crippen LogP contribution in [0.15, 0.2) is 47.6 Å². The van der Waals surface area contributed by atoms with Gasteiger partial charge < -0.3 is 5.11 Å². The number of phenols is 1. The Balaban J connectivity index is 1.76. The maximum Gasteiger partial charge on any atom is 0.294 e. The van der Waals surface area contributed by atoms with Crippen LogP contribution in [0.5, 0.6) is 5.75 Å². The first-order valence-electron chi connectivity index (χ1n) is 9.13. The molecule has 2 N–H and O–H groups in total. The molecule has 0 unspecified atom stereocenters. The third-order valence-electron chi connectivity index (χ3n) is 4.78. The van der Waals surface area contributed by atoms with Gasteiger partial charge in [-0.1, -0.05) is 18.6 Å². The Morgan fingerprint density at radius 1 is 1.22 bits per heavy atom. The number of nitrogens with zero attached hydrogens (tertiary/aromatic N) is 3. The van der Waals surface area contributed by atoms with Crippen LogP contribution in [0, 0.1) is 10.1 Å². The van der Waals surface area contributed by atoms with E-state index in [0.717, 1.165) is 24.2 Å².